The first-order valence-electron chi connectivity index (χ1n) is 6.66. The number of carbonyl (C=O) groups is 2. The zero-order valence-electron chi connectivity index (χ0n) is 12.5. The minimum Gasteiger partial charge on any atom is -0.464 e. The van der Waals surface area contributed by atoms with Gasteiger partial charge in [0.05, 0.1) is 7.11 Å². The zero-order valence-corrected chi connectivity index (χ0v) is 12.5. The molecule has 7 heteroatoms. The lowest BCUT2D eigenvalue weighted by Crippen LogP contribution is -2.27. The quantitative estimate of drug-likeness (QED) is 0.812. The van der Waals surface area contributed by atoms with Crippen molar-refractivity contribution in [3.05, 3.63) is 65.0 Å². The van der Waals surface area contributed by atoms with E-state index < -0.39 is 23.5 Å². The minimum absolute atomic E-state index is 0.000266. The van der Waals surface area contributed by atoms with Crippen LogP contribution in [0.3, 0.4) is 0 Å². The maximum absolute atomic E-state index is 13.6. The molecule has 0 saturated heterocycles. The van der Waals surface area contributed by atoms with Gasteiger partial charge in [0.2, 0.25) is 0 Å². The molecular weight excluding hydrogens is 306 g/mol. The summed E-state index contributed by atoms with van der Waals surface area (Å²) in [4.78, 5) is 28.8. The second-order valence-corrected chi connectivity index (χ2v) is 4.82. The molecule has 5 nitrogen and oxygen atoms in total. The van der Waals surface area contributed by atoms with E-state index in [0.29, 0.717) is 0 Å². The summed E-state index contributed by atoms with van der Waals surface area (Å²) in [5, 5.41) is 0. The number of aromatic nitrogens is 1. The molecule has 1 amide bonds. The highest BCUT2D eigenvalue weighted by Gasteiger charge is 2.17. The average molecular weight is 320 g/mol. The Bertz CT molecular complexity index is 750. The first kappa shape index (κ1) is 16.5. The molecule has 0 radical (unpaired) electrons. The lowest BCUT2D eigenvalue weighted by molar-refractivity contribution is 0.0594. The van der Waals surface area contributed by atoms with Crippen molar-refractivity contribution in [2.75, 3.05) is 14.2 Å². The van der Waals surface area contributed by atoms with E-state index in [1.54, 1.807) is 0 Å². The number of hydrogen-bond donors (Lipinski definition) is 0. The van der Waals surface area contributed by atoms with Crippen LogP contribution in [-0.4, -0.2) is 35.9 Å². The third-order valence-corrected chi connectivity index (χ3v) is 3.17. The van der Waals surface area contributed by atoms with Gasteiger partial charge in [-0.2, -0.15) is 0 Å². The Morgan fingerprint density at radius 2 is 1.96 bits per heavy atom. The molecule has 1 heterocycles. The van der Waals surface area contributed by atoms with Crippen molar-refractivity contribution < 1.29 is 23.1 Å². The number of halogens is 2. The standard InChI is InChI=1S/C16H14F2N2O3/c1-20(9-11-3-4-12(17)8-13(11)18)15(21)10-5-6-19-14(7-10)16(22)23-2/h3-8H,9H2,1-2H3. The van der Waals surface area contributed by atoms with Crippen molar-refractivity contribution in [1.82, 2.24) is 9.88 Å². The molecule has 0 aliphatic heterocycles. The zero-order chi connectivity index (χ0) is 17.0. The summed E-state index contributed by atoms with van der Waals surface area (Å²) in [6.45, 7) is -0.0408. The number of carbonyl (C=O) groups excluding carboxylic acids is 2. The van der Waals surface area contributed by atoms with Crippen molar-refractivity contribution in [2.45, 2.75) is 6.54 Å². The molecule has 1 aromatic carbocycles. The monoisotopic (exact) mass is 320 g/mol. The smallest absolute Gasteiger partial charge is 0.356 e. The molecule has 0 saturated carbocycles. The van der Waals surface area contributed by atoms with Crippen LogP contribution >= 0.6 is 0 Å². The predicted molar refractivity (Wildman–Crippen MR) is 77.7 cm³/mol. The number of rotatable bonds is 4. The summed E-state index contributed by atoms with van der Waals surface area (Å²) < 4.78 is 31.1. The number of hydrogen-bond acceptors (Lipinski definition) is 4. The third kappa shape index (κ3) is 3.88. The van der Waals surface area contributed by atoms with Crippen LogP contribution in [0.15, 0.2) is 36.5 Å². The van der Waals surface area contributed by atoms with Crippen molar-refractivity contribution in [2.24, 2.45) is 0 Å². The van der Waals surface area contributed by atoms with Gasteiger partial charge in [-0.15, -0.1) is 0 Å². The fraction of sp³-hybridized carbons (Fsp3) is 0.188. The Morgan fingerprint density at radius 1 is 1.22 bits per heavy atom. The number of esters is 1. The van der Waals surface area contributed by atoms with Crippen LogP contribution in [0, 0.1) is 11.6 Å². The van der Waals surface area contributed by atoms with Gasteiger partial charge < -0.3 is 9.64 Å². The second-order valence-electron chi connectivity index (χ2n) is 4.82. The van der Waals surface area contributed by atoms with Crippen LogP contribution in [0.2, 0.25) is 0 Å². The summed E-state index contributed by atoms with van der Waals surface area (Å²) >= 11 is 0. The lowest BCUT2D eigenvalue weighted by atomic mass is 10.1. The lowest BCUT2D eigenvalue weighted by Gasteiger charge is -2.18. The number of nitrogens with zero attached hydrogens (tertiary/aromatic N) is 2. The molecule has 0 fully saturated rings. The van der Waals surface area contributed by atoms with Crippen LogP contribution in [0.25, 0.3) is 0 Å². The summed E-state index contributed by atoms with van der Waals surface area (Å²) in [6, 6.07) is 5.90. The number of methoxy groups -OCH3 is 1. The number of benzene rings is 1. The Morgan fingerprint density at radius 3 is 2.61 bits per heavy atom. The highest BCUT2D eigenvalue weighted by atomic mass is 19.1. The van der Waals surface area contributed by atoms with Gasteiger partial charge in [-0.25, -0.2) is 18.6 Å². The first-order chi connectivity index (χ1) is 10.9. The van der Waals surface area contributed by atoms with E-state index in [1.165, 1.54) is 43.5 Å². The van der Waals surface area contributed by atoms with Gasteiger partial charge in [-0.05, 0) is 18.2 Å². The Balaban J connectivity index is 2.18. The molecule has 0 unspecified atom stereocenters. The molecular formula is C16H14F2N2O3. The number of pyridine rings is 1. The van der Waals surface area contributed by atoms with E-state index >= 15 is 0 Å². The normalized spacial score (nSPS) is 10.3. The van der Waals surface area contributed by atoms with Crippen LogP contribution in [0.1, 0.15) is 26.4 Å². The average Bonchev–Trinajstić information content (AvgIpc) is 2.56. The van der Waals surface area contributed by atoms with Gasteiger partial charge in [-0.3, -0.25) is 4.79 Å². The summed E-state index contributed by atoms with van der Waals surface area (Å²) in [5.41, 5.74) is 0.398. The molecule has 23 heavy (non-hydrogen) atoms. The largest absolute Gasteiger partial charge is 0.464 e. The van der Waals surface area contributed by atoms with Gasteiger partial charge in [0.15, 0.2) is 0 Å². The molecule has 120 valence electrons. The fourth-order valence-corrected chi connectivity index (χ4v) is 1.98. The topological polar surface area (TPSA) is 59.5 Å². The van der Waals surface area contributed by atoms with Crippen LogP contribution in [0.4, 0.5) is 8.78 Å². The van der Waals surface area contributed by atoms with Crippen molar-refractivity contribution >= 4 is 11.9 Å². The molecule has 2 rings (SSSR count). The number of amides is 1. The van der Waals surface area contributed by atoms with Gasteiger partial charge in [0, 0.05) is 37.0 Å². The molecule has 0 atom stereocenters. The maximum atomic E-state index is 13.6. The van der Waals surface area contributed by atoms with E-state index in [4.69, 9.17) is 0 Å². The van der Waals surface area contributed by atoms with Gasteiger partial charge in [0.1, 0.15) is 17.3 Å². The van der Waals surface area contributed by atoms with Crippen LogP contribution < -0.4 is 0 Å². The molecule has 0 aliphatic rings. The summed E-state index contributed by atoms with van der Waals surface area (Å²) in [5.74, 6) is -2.50. The van der Waals surface area contributed by atoms with Gasteiger partial charge >= 0.3 is 5.97 Å². The van der Waals surface area contributed by atoms with E-state index in [2.05, 4.69) is 9.72 Å². The van der Waals surface area contributed by atoms with E-state index in [1.807, 2.05) is 0 Å². The molecule has 0 bridgehead atoms. The molecule has 0 aliphatic carbocycles. The molecule has 0 spiro atoms. The summed E-state index contributed by atoms with van der Waals surface area (Å²) in [7, 11) is 2.69. The molecule has 0 N–H and O–H groups in total. The van der Waals surface area contributed by atoms with Gasteiger partial charge in [-0.1, -0.05) is 6.07 Å². The Hall–Kier alpha value is -2.83. The maximum Gasteiger partial charge on any atom is 0.356 e. The summed E-state index contributed by atoms with van der Waals surface area (Å²) in [6.07, 6.45) is 1.31. The predicted octanol–water partition coefficient (Wildman–Crippen LogP) is 2.42. The number of ether oxygens (including phenoxy) is 1. The Labute approximate surface area is 131 Å². The van der Waals surface area contributed by atoms with E-state index in [0.717, 1.165) is 12.1 Å². The highest BCUT2D eigenvalue weighted by Crippen LogP contribution is 2.14. The van der Waals surface area contributed by atoms with Crippen molar-refractivity contribution in [1.29, 1.82) is 0 Å². The Kier molecular flexibility index (Phi) is 5.00. The van der Waals surface area contributed by atoms with E-state index in [-0.39, 0.29) is 23.4 Å². The van der Waals surface area contributed by atoms with Gasteiger partial charge in [0.25, 0.3) is 5.91 Å². The van der Waals surface area contributed by atoms with Crippen molar-refractivity contribution in [3.8, 4) is 0 Å². The second kappa shape index (κ2) is 6.95. The first-order valence-corrected chi connectivity index (χ1v) is 6.66. The van der Waals surface area contributed by atoms with Crippen LogP contribution in [-0.2, 0) is 11.3 Å². The fourth-order valence-electron chi connectivity index (χ4n) is 1.98. The van der Waals surface area contributed by atoms with Crippen molar-refractivity contribution in [3.63, 3.8) is 0 Å². The van der Waals surface area contributed by atoms with Crippen LogP contribution in [0.5, 0.6) is 0 Å². The molecule has 1 aromatic heterocycles. The highest BCUT2D eigenvalue weighted by molar-refractivity contribution is 5.96. The minimum atomic E-state index is -0.727. The SMILES string of the molecule is COC(=O)c1cc(C(=O)N(C)Cc2ccc(F)cc2F)ccn1. The van der Waals surface area contributed by atoms with E-state index in [9.17, 15) is 18.4 Å². The third-order valence-electron chi connectivity index (χ3n) is 3.17. The molecule has 2 aromatic rings.